The minimum Gasteiger partial charge on any atom is -0.494 e. The third-order valence-electron chi connectivity index (χ3n) is 3.31. The van der Waals surface area contributed by atoms with Crippen molar-refractivity contribution in [3.05, 3.63) is 24.3 Å². The second-order valence-electron chi connectivity index (χ2n) is 4.71. The number of hydrogen-bond acceptors (Lipinski definition) is 3. The summed E-state index contributed by atoms with van der Waals surface area (Å²) in [5.41, 5.74) is 7.07. The molecule has 0 bridgehead atoms. The molecule has 0 aromatic heterocycles. The molecule has 3 heteroatoms. The summed E-state index contributed by atoms with van der Waals surface area (Å²) in [6.45, 7) is 2.71. The van der Waals surface area contributed by atoms with Gasteiger partial charge in [-0.25, -0.2) is 0 Å². The Morgan fingerprint density at radius 2 is 1.82 bits per heavy atom. The first-order valence-corrected chi connectivity index (χ1v) is 6.53. The van der Waals surface area contributed by atoms with Crippen LogP contribution in [-0.4, -0.2) is 18.7 Å². The highest BCUT2D eigenvalue weighted by atomic mass is 16.5. The van der Waals surface area contributed by atoms with Crippen molar-refractivity contribution in [2.24, 2.45) is 5.73 Å². The maximum Gasteiger partial charge on any atom is 0.119 e. The van der Waals surface area contributed by atoms with Gasteiger partial charge in [0.2, 0.25) is 0 Å². The molecule has 0 amide bonds. The molecule has 0 spiro atoms. The van der Waals surface area contributed by atoms with E-state index in [0.717, 1.165) is 18.6 Å². The normalized spacial score (nSPS) is 24.4. The molecule has 1 aromatic rings. The molecule has 0 unspecified atom stereocenters. The van der Waals surface area contributed by atoms with Crippen LogP contribution in [0.15, 0.2) is 24.3 Å². The maximum absolute atomic E-state index is 5.90. The highest BCUT2D eigenvalue weighted by Crippen LogP contribution is 2.22. The largest absolute Gasteiger partial charge is 0.494 e. The molecule has 1 aliphatic rings. The van der Waals surface area contributed by atoms with Crippen LogP contribution in [0.3, 0.4) is 0 Å². The number of benzene rings is 1. The van der Waals surface area contributed by atoms with E-state index in [1.165, 1.54) is 18.5 Å². The first-order chi connectivity index (χ1) is 8.28. The summed E-state index contributed by atoms with van der Waals surface area (Å²) in [5.74, 6) is 0.934. The van der Waals surface area contributed by atoms with Gasteiger partial charge in [0, 0.05) is 17.8 Å². The lowest BCUT2D eigenvalue weighted by Gasteiger charge is -2.27. The van der Waals surface area contributed by atoms with E-state index in [4.69, 9.17) is 10.5 Å². The van der Waals surface area contributed by atoms with Gasteiger partial charge in [-0.2, -0.15) is 0 Å². The summed E-state index contributed by atoms with van der Waals surface area (Å²) in [6.07, 6.45) is 4.62. The van der Waals surface area contributed by atoms with E-state index in [1.807, 2.05) is 19.1 Å². The molecule has 0 atom stereocenters. The molecule has 1 saturated carbocycles. The quantitative estimate of drug-likeness (QED) is 0.842. The molecule has 94 valence electrons. The van der Waals surface area contributed by atoms with Gasteiger partial charge in [-0.3, -0.25) is 0 Å². The molecule has 3 nitrogen and oxygen atoms in total. The van der Waals surface area contributed by atoms with E-state index >= 15 is 0 Å². The molecule has 17 heavy (non-hydrogen) atoms. The summed E-state index contributed by atoms with van der Waals surface area (Å²) >= 11 is 0. The average Bonchev–Trinajstić information content (AvgIpc) is 2.35. The van der Waals surface area contributed by atoms with E-state index in [-0.39, 0.29) is 0 Å². The Bertz CT molecular complexity index is 329. The first kappa shape index (κ1) is 12.2. The molecule has 1 aliphatic carbocycles. The lowest BCUT2D eigenvalue weighted by atomic mass is 9.92. The number of nitrogens with two attached hydrogens (primary N) is 1. The van der Waals surface area contributed by atoms with Crippen LogP contribution in [0.2, 0.25) is 0 Å². The van der Waals surface area contributed by atoms with Crippen LogP contribution in [-0.2, 0) is 0 Å². The Labute approximate surface area is 103 Å². The molecule has 3 N–H and O–H groups in total. The summed E-state index contributed by atoms with van der Waals surface area (Å²) < 4.78 is 5.42. The van der Waals surface area contributed by atoms with Crippen LogP contribution < -0.4 is 15.8 Å². The molecular formula is C14H22N2O. The second-order valence-corrected chi connectivity index (χ2v) is 4.71. The number of nitrogens with one attached hydrogen (secondary N) is 1. The van der Waals surface area contributed by atoms with Crippen molar-refractivity contribution in [2.75, 3.05) is 11.9 Å². The summed E-state index contributed by atoms with van der Waals surface area (Å²) in [6, 6.07) is 9.18. The van der Waals surface area contributed by atoms with E-state index < -0.39 is 0 Å². The molecule has 0 heterocycles. The zero-order chi connectivity index (χ0) is 12.1. The predicted octanol–water partition coefficient (Wildman–Crippen LogP) is 2.77. The van der Waals surface area contributed by atoms with E-state index in [0.29, 0.717) is 18.7 Å². The smallest absolute Gasteiger partial charge is 0.119 e. The molecule has 0 aliphatic heterocycles. The highest BCUT2D eigenvalue weighted by molar-refractivity contribution is 5.47. The molecule has 1 fully saturated rings. The third-order valence-corrected chi connectivity index (χ3v) is 3.31. The number of anilines is 1. The Balaban J connectivity index is 1.86. The zero-order valence-electron chi connectivity index (χ0n) is 10.5. The number of ether oxygens (including phenoxy) is 1. The van der Waals surface area contributed by atoms with Crippen LogP contribution in [0, 0.1) is 0 Å². The van der Waals surface area contributed by atoms with Crippen LogP contribution >= 0.6 is 0 Å². The topological polar surface area (TPSA) is 47.3 Å². The standard InChI is InChI=1S/C14H22N2O/c1-2-17-14-9-7-13(8-10-14)16-12-5-3-11(15)4-6-12/h7-12,16H,2-6,15H2,1H3. The maximum atomic E-state index is 5.90. The zero-order valence-corrected chi connectivity index (χ0v) is 10.5. The van der Waals surface area contributed by atoms with Crippen molar-refractivity contribution in [1.29, 1.82) is 0 Å². The highest BCUT2D eigenvalue weighted by Gasteiger charge is 2.17. The minimum atomic E-state index is 0.411. The number of hydrogen-bond donors (Lipinski definition) is 2. The van der Waals surface area contributed by atoms with Crippen molar-refractivity contribution in [2.45, 2.75) is 44.7 Å². The lowest BCUT2D eigenvalue weighted by molar-refractivity contribution is 0.340. The van der Waals surface area contributed by atoms with Gasteiger partial charge in [0.15, 0.2) is 0 Å². The third kappa shape index (κ3) is 3.63. The van der Waals surface area contributed by atoms with Crippen LogP contribution in [0.1, 0.15) is 32.6 Å². The lowest BCUT2D eigenvalue weighted by Crippen LogP contribution is -2.32. The molecule has 0 radical (unpaired) electrons. The first-order valence-electron chi connectivity index (χ1n) is 6.53. The summed E-state index contributed by atoms with van der Waals surface area (Å²) in [4.78, 5) is 0. The van der Waals surface area contributed by atoms with Crippen molar-refractivity contribution in [3.63, 3.8) is 0 Å². The molecule has 1 aromatic carbocycles. The van der Waals surface area contributed by atoms with E-state index in [2.05, 4.69) is 17.4 Å². The van der Waals surface area contributed by atoms with Crippen LogP contribution in [0.25, 0.3) is 0 Å². The van der Waals surface area contributed by atoms with Gasteiger partial charge in [0.25, 0.3) is 0 Å². The Kier molecular flexibility index (Phi) is 4.26. The van der Waals surface area contributed by atoms with Crippen molar-refractivity contribution in [3.8, 4) is 5.75 Å². The minimum absolute atomic E-state index is 0.411. The summed E-state index contributed by atoms with van der Waals surface area (Å²) in [5, 5.41) is 3.56. The van der Waals surface area contributed by atoms with Crippen molar-refractivity contribution < 1.29 is 4.74 Å². The van der Waals surface area contributed by atoms with E-state index in [1.54, 1.807) is 0 Å². The fourth-order valence-corrected chi connectivity index (χ4v) is 2.31. The van der Waals surface area contributed by atoms with Crippen LogP contribution in [0.4, 0.5) is 5.69 Å². The Morgan fingerprint density at radius 1 is 1.18 bits per heavy atom. The monoisotopic (exact) mass is 234 g/mol. The van der Waals surface area contributed by atoms with Gasteiger partial charge >= 0.3 is 0 Å². The average molecular weight is 234 g/mol. The van der Waals surface area contributed by atoms with Gasteiger partial charge < -0.3 is 15.8 Å². The van der Waals surface area contributed by atoms with Gasteiger partial charge in [-0.05, 0) is 56.9 Å². The molecule has 0 saturated heterocycles. The molecular weight excluding hydrogens is 212 g/mol. The fourth-order valence-electron chi connectivity index (χ4n) is 2.31. The SMILES string of the molecule is CCOc1ccc(NC2CCC(N)CC2)cc1. The van der Waals surface area contributed by atoms with Gasteiger partial charge in [0.1, 0.15) is 5.75 Å². The Hall–Kier alpha value is -1.22. The predicted molar refractivity (Wildman–Crippen MR) is 71.5 cm³/mol. The Morgan fingerprint density at radius 3 is 2.41 bits per heavy atom. The van der Waals surface area contributed by atoms with Crippen LogP contribution in [0.5, 0.6) is 5.75 Å². The fraction of sp³-hybridized carbons (Fsp3) is 0.571. The van der Waals surface area contributed by atoms with Crippen molar-refractivity contribution in [1.82, 2.24) is 0 Å². The van der Waals surface area contributed by atoms with E-state index in [9.17, 15) is 0 Å². The molecule has 2 rings (SSSR count). The number of rotatable bonds is 4. The summed E-state index contributed by atoms with van der Waals surface area (Å²) in [7, 11) is 0. The van der Waals surface area contributed by atoms with Gasteiger partial charge in [0.05, 0.1) is 6.61 Å². The van der Waals surface area contributed by atoms with Crippen molar-refractivity contribution >= 4 is 5.69 Å². The van der Waals surface area contributed by atoms with Gasteiger partial charge in [-0.15, -0.1) is 0 Å². The second kappa shape index (κ2) is 5.92. The van der Waals surface area contributed by atoms with Gasteiger partial charge in [-0.1, -0.05) is 0 Å².